The molecule has 1 aromatic heterocycles. The number of H-pyrrole nitrogens is 1. The average Bonchev–Trinajstić information content (AvgIpc) is 2.38. The molecule has 1 aliphatic rings. The van der Waals surface area contributed by atoms with E-state index in [9.17, 15) is 9.59 Å². The number of benzene rings is 1. The number of hydrogen-bond donors (Lipinski definition) is 2. The Balaban J connectivity index is 2.32. The van der Waals surface area contributed by atoms with Gasteiger partial charge in [-0.25, -0.2) is 0 Å². The van der Waals surface area contributed by atoms with Crippen LogP contribution in [0.4, 0.5) is 0 Å². The molecule has 4 nitrogen and oxygen atoms in total. The zero-order valence-corrected chi connectivity index (χ0v) is 9.69. The summed E-state index contributed by atoms with van der Waals surface area (Å²) in [5.74, 6) is -0.422. The Morgan fingerprint density at radius 2 is 2.00 bits per heavy atom. The van der Waals surface area contributed by atoms with Crippen molar-refractivity contribution >= 4 is 22.9 Å². The molecule has 2 aromatic rings. The molecular weight excluding hydrogens is 228 g/mol. The van der Waals surface area contributed by atoms with Crippen LogP contribution in [0.1, 0.15) is 17.7 Å². The lowest BCUT2D eigenvalue weighted by atomic mass is 9.94. The second-order valence-corrected chi connectivity index (χ2v) is 4.43. The normalized spacial score (nSPS) is 14.1. The van der Waals surface area contributed by atoms with Gasteiger partial charge in [-0.2, -0.15) is 0 Å². The van der Waals surface area contributed by atoms with Gasteiger partial charge in [0, 0.05) is 27.7 Å². The number of rotatable bonds is 1. The van der Waals surface area contributed by atoms with Gasteiger partial charge in [0.05, 0.1) is 0 Å². The lowest BCUT2D eigenvalue weighted by Gasteiger charge is -2.14. The molecule has 0 spiro atoms. The summed E-state index contributed by atoms with van der Waals surface area (Å²) in [6.07, 6.45) is 2.78. The molecule has 0 saturated carbocycles. The highest BCUT2D eigenvalue weighted by Crippen LogP contribution is 2.22. The molecule has 0 unspecified atom stereocenters. The number of amides is 1. The number of aromatic nitrogens is 1. The maximum Gasteiger partial charge on any atom is 0.244 e. The molecule has 4 heteroatoms. The molecule has 0 saturated heterocycles. The first-order valence-electron chi connectivity index (χ1n) is 5.81. The largest absolute Gasteiger partial charge is 0.366 e. The molecule has 0 fully saturated rings. The second-order valence-electron chi connectivity index (χ2n) is 4.43. The predicted molar refractivity (Wildman–Crippen MR) is 70.1 cm³/mol. The van der Waals surface area contributed by atoms with E-state index in [0.717, 1.165) is 11.1 Å². The van der Waals surface area contributed by atoms with Crippen molar-refractivity contribution in [2.24, 2.45) is 5.73 Å². The molecule has 1 aromatic carbocycles. The van der Waals surface area contributed by atoms with E-state index in [1.54, 1.807) is 6.08 Å². The number of pyridine rings is 1. The number of carbonyl (C=O) groups is 1. The van der Waals surface area contributed by atoms with Crippen LogP contribution in [0, 0.1) is 0 Å². The number of para-hydroxylation sites is 1. The van der Waals surface area contributed by atoms with Crippen molar-refractivity contribution in [3.05, 3.63) is 51.3 Å². The summed E-state index contributed by atoms with van der Waals surface area (Å²) < 4.78 is 0. The fourth-order valence-corrected chi connectivity index (χ4v) is 2.37. The lowest BCUT2D eigenvalue weighted by molar-refractivity contribution is -0.114. The van der Waals surface area contributed by atoms with Gasteiger partial charge in [0.15, 0.2) is 5.43 Å². The molecular formula is C14H12N2O2. The number of hydrogen-bond acceptors (Lipinski definition) is 2. The Kier molecular flexibility index (Phi) is 2.30. The summed E-state index contributed by atoms with van der Waals surface area (Å²) >= 11 is 0. The van der Waals surface area contributed by atoms with Crippen molar-refractivity contribution in [3.63, 3.8) is 0 Å². The number of nitrogens with one attached hydrogen (secondary N) is 1. The van der Waals surface area contributed by atoms with Crippen molar-refractivity contribution in [3.8, 4) is 0 Å². The van der Waals surface area contributed by atoms with Crippen LogP contribution in [0.3, 0.4) is 0 Å². The predicted octanol–water partition coefficient (Wildman–Crippen LogP) is 1.34. The van der Waals surface area contributed by atoms with E-state index < -0.39 is 5.91 Å². The average molecular weight is 240 g/mol. The van der Waals surface area contributed by atoms with Crippen LogP contribution >= 0.6 is 0 Å². The van der Waals surface area contributed by atoms with Crippen molar-refractivity contribution in [1.29, 1.82) is 0 Å². The third kappa shape index (κ3) is 1.54. The minimum Gasteiger partial charge on any atom is -0.366 e. The van der Waals surface area contributed by atoms with Crippen molar-refractivity contribution < 1.29 is 4.79 Å². The summed E-state index contributed by atoms with van der Waals surface area (Å²) in [4.78, 5) is 26.6. The first-order valence-corrected chi connectivity index (χ1v) is 5.81. The molecule has 18 heavy (non-hydrogen) atoms. The monoisotopic (exact) mass is 240 g/mol. The molecule has 0 atom stereocenters. The van der Waals surface area contributed by atoms with Crippen LogP contribution in [0.2, 0.25) is 0 Å². The Morgan fingerprint density at radius 1 is 1.22 bits per heavy atom. The van der Waals surface area contributed by atoms with Gasteiger partial charge in [-0.15, -0.1) is 0 Å². The van der Waals surface area contributed by atoms with E-state index in [4.69, 9.17) is 5.73 Å². The van der Waals surface area contributed by atoms with Crippen molar-refractivity contribution in [2.75, 3.05) is 0 Å². The van der Waals surface area contributed by atoms with Crippen LogP contribution < -0.4 is 11.2 Å². The maximum absolute atomic E-state index is 12.3. The fourth-order valence-electron chi connectivity index (χ4n) is 2.37. The Hall–Kier alpha value is -2.36. The van der Waals surface area contributed by atoms with E-state index in [1.807, 2.05) is 24.3 Å². The van der Waals surface area contributed by atoms with Crippen LogP contribution in [0.25, 0.3) is 17.0 Å². The van der Waals surface area contributed by atoms with Gasteiger partial charge < -0.3 is 10.7 Å². The van der Waals surface area contributed by atoms with Gasteiger partial charge >= 0.3 is 0 Å². The SMILES string of the molecule is NC(=O)C1=Cc2[nH]c3ccccc3c(=O)c2CC1. The van der Waals surface area contributed by atoms with E-state index in [0.29, 0.717) is 29.5 Å². The molecule has 3 N–H and O–H groups in total. The van der Waals surface area contributed by atoms with Gasteiger partial charge in [-0.1, -0.05) is 12.1 Å². The van der Waals surface area contributed by atoms with Gasteiger partial charge in [0.25, 0.3) is 0 Å². The Bertz CT molecular complexity index is 741. The zero-order chi connectivity index (χ0) is 12.7. The Labute approximate surface area is 103 Å². The summed E-state index contributed by atoms with van der Waals surface area (Å²) in [6.45, 7) is 0. The highest BCUT2D eigenvalue weighted by atomic mass is 16.1. The summed E-state index contributed by atoms with van der Waals surface area (Å²) in [6, 6.07) is 7.37. The van der Waals surface area contributed by atoms with Crippen molar-refractivity contribution in [2.45, 2.75) is 12.8 Å². The van der Waals surface area contributed by atoms with E-state index in [2.05, 4.69) is 4.98 Å². The lowest BCUT2D eigenvalue weighted by Crippen LogP contribution is -2.21. The number of fused-ring (bicyclic) bond motifs is 2. The first-order chi connectivity index (χ1) is 8.66. The molecule has 3 rings (SSSR count). The van der Waals surface area contributed by atoms with Crippen LogP contribution in [-0.4, -0.2) is 10.9 Å². The minimum absolute atomic E-state index is 0.0409. The molecule has 0 aliphatic heterocycles. The van der Waals surface area contributed by atoms with Gasteiger partial charge in [-0.3, -0.25) is 9.59 Å². The Morgan fingerprint density at radius 3 is 2.78 bits per heavy atom. The fraction of sp³-hybridized carbons (Fsp3) is 0.143. The van der Waals surface area contributed by atoms with E-state index in [1.165, 1.54) is 0 Å². The molecule has 1 amide bonds. The molecule has 1 heterocycles. The number of carbonyl (C=O) groups excluding carboxylic acids is 1. The molecule has 0 bridgehead atoms. The third-order valence-electron chi connectivity index (χ3n) is 3.32. The van der Waals surface area contributed by atoms with Gasteiger partial charge in [0.1, 0.15) is 0 Å². The molecule has 0 radical (unpaired) electrons. The van der Waals surface area contributed by atoms with E-state index in [-0.39, 0.29) is 5.43 Å². The zero-order valence-electron chi connectivity index (χ0n) is 9.69. The summed E-state index contributed by atoms with van der Waals surface area (Å²) in [5, 5.41) is 0.687. The second kappa shape index (κ2) is 3.84. The van der Waals surface area contributed by atoms with E-state index >= 15 is 0 Å². The quantitative estimate of drug-likeness (QED) is 0.789. The van der Waals surface area contributed by atoms with Crippen molar-refractivity contribution in [1.82, 2.24) is 4.98 Å². The van der Waals surface area contributed by atoms with Crippen LogP contribution in [-0.2, 0) is 11.2 Å². The van der Waals surface area contributed by atoms with Gasteiger partial charge in [0.2, 0.25) is 5.91 Å². The number of primary amides is 1. The third-order valence-corrected chi connectivity index (χ3v) is 3.32. The first kappa shape index (κ1) is 10.8. The highest BCUT2D eigenvalue weighted by molar-refractivity contribution is 5.97. The summed E-state index contributed by atoms with van der Waals surface area (Å²) in [7, 11) is 0. The smallest absolute Gasteiger partial charge is 0.244 e. The summed E-state index contributed by atoms with van der Waals surface area (Å²) in [5.41, 5.74) is 8.10. The molecule has 1 aliphatic carbocycles. The maximum atomic E-state index is 12.3. The van der Waals surface area contributed by atoms with Crippen LogP contribution in [0.5, 0.6) is 0 Å². The highest BCUT2D eigenvalue weighted by Gasteiger charge is 2.18. The topological polar surface area (TPSA) is 76.0 Å². The standard InChI is InChI=1S/C14H12N2O2/c15-14(18)8-5-6-10-12(7-8)16-11-4-2-1-3-9(11)13(10)17/h1-4,7H,5-6H2,(H2,15,18)(H,16,17). The minimum atomic E-state index is -0.422. The van der Waals surface area contributed by atoms with Gasteiger partial charge in [-0.05, 0) is 31.1 Å². The van der Waals surface area contributed by atoms with Crippen LogP contribution in [0.15, 0.2) is 34.6 Å². The number of nitrogens with two attached hydrogens (primary N) is 1. The number of aromatic amines is 1. The molecule has 90 valence electrons.